The number of rotatable bonds is 5. The van der Waals surface area contributed by atoms with Crippen molar-refractivity contribution >= 4 is 16.7 Å². The number of nitrogens with one attached hydrogen (secondary N) is 1. The molecule has 1 saturated heterocycles. The van der Waals surface area contributed by atoms with Crippen molar-refractivity contribution in [1.29, 1.82) is 0 Å². The van der Waals surface area contributed by atoms with E-state index in [1.54, 1.807) is 6.33 Å². The van der Waals surface area contributed by atoms with E-state index in [9.17, 15) is 0 Å². The molecule has 2 aromatic heterocycles. The lowest BCUT2D eigenvalue weighted by molar-refractivity contribution is 0.0529. The van der Waals surface area contributed by atoms with Gasteiger partial charge in [0.05, 0.1) is 23.9 Å². The molecule has 2 fully saturated rings. The highest BCUT2D eigenvalue weighted by Crippen LogP contribution is 2.43. The molecule has 2 aliphatic rings. The molecule has 1 aliphatic carbocycles. The van der Waals surface area contributed by atoms with Crippen molar-refractivity contribution in [1.82, 2.24) is 20.2 Å². The quantitative estimate of drug-likeness (QED) is 0.730. The highest BCUT2D eigenvalue weighted by atomic mass is 16.5. The molecular formula is C21H25N5O2. The molecule has 7 heteroatoms. The summed E-state index contributed by atoms with van der Waals surface area (Å²) in [5.74, 6) is 1.80. The number of hydrogen-bond donors (Lipinski definition) is 1. The van der Waals surface area contributed by atoms with Crippen molar-refractivity contribution in [2.75, 3.05) is 24.6 Å². The van der Waals surface area contributed by atoms with E-state index in [0.717, 1.165) is 66.2 Å². The Balaban J connectivity index is 1.48. The van der Waals surface area contributed by atoms with E-state index in [1.807, 2.05) is 18.2 Å². The predicted octanol–water partition coefficient (Wildman–Crippen LogP) is 3.57. The number of hydrogen-bond acceptors (Lipinski definition) is 6. The third kappa shape index (κ3) is 3.20. The van der Waals surface area contributed by atoms with Crippen molar-refractivity contribution < 1.29 is 9.47 Å². The van der Waals surface area contributed by atoms with Gasteiger partial charge in [-0.15, -0.1) is 0 Å². The highest BCUT2D eigenvalue weighted by molar-refractivity contribution is 5.93. The maximum Gasteiger partial charge on any atom is 0.132 e. The molecule has 146 valence electrons. The number of aromatic nitrogens is 4. The van der Waals surface area contributed by atoms with Gasteiger partial charge in [0.25, 0.3) is 0 Å². The van der Waals surface area contributed by atoms with Gasteiger partial charge in [0, 0.05) is 24.5 Å². The Hall–Kier alpha value is -2.67. The second-order valence-corrected chi connectivity index (χ2v) is 7.81. The SMILES string of the molecule is CCC1(Oc2ccc3[nH]nc(-c4cc(N5CCO[C@@H](C)C5)ncn4)c3c2)CC1. The number of ether oxygens (including phenoxy) is 2. The van der Waals surface area contributed by atoms with Crippen LogP contribution >= 0.6 is 0 Å². The smallest absolute Gasteiger partial charge is 0.132 e. The van der Waals surface area contributed by atoms with Gasteiger partial charge in [-0.05, 0) is 44.4 Å². The van der Waals surface area contributed by atoms with Gasteiger partial charge in [0.15, 0.2) is 0 Å². The molecule has 1 N–H and O–H groups in total. The van der Waals surface area contributed by atoms with Gasteiger partial charge in [0.1, 0.15) is 29.2 Å². The van der Waals surface area contributed by atoms with E-state index in [0.29, 0.717) is 6.61 Å². The Morgan fingerprint density at radius 1 is 1.29 bits per heavy atom. The van der Waals surface area contributed by atoms with Crippen molar-refractivity contribution in [3.05, 3.63) is 30.6 Å². The molecule has 0 amide bonds. The van der Waals surface area contributed by atoms with Crippen molar-refractivity contribution in [3.63, 3.8) is 0 Å². The number of anilines is 1. The Bertz CT molecular complexity index is 997. The Morgan fingerprint density at radius 3 is 2.96 bits per heavy atom. The number of fused-ring (bicyclic) bond motifs is 1. The second-order valence-electron chi connectivity index (χ2n) is 7.81. The number of morpholine rings is 1. The van der Waals surface area contributed by atoms with Crippen LogP contribution in [0.5, 0.6) is 5.75 Å². The van der Waals surface area contributed by atoms with Gasteiger partial charge in [0.2, 0.25) is 0 Å². The van der Waals surface area contributed by atoms with Crippen LogP contribution in [-0.4, -0.2) is 51.6 Å². The number of aromatic amines is 1. The summed E-state index contributed by atoms with van der Waals surface area (Å²) in [5, 5.41) is 8.66. The van der Waals surface area contributed by atoms with Crippen LogP contribution in [0.2, 0.25) is 0 Å². The fraction of sp³-hybridized carbons (Fsp3) is 0.476. The van der Waals surface area contributed by atoms with Crippen LogP contribution in [0.3, 0.4) is 0 Å². The largest absolute Gasteiger partial charge is 0.487 e. The summed E-state index contributed by atoms with van der Waals surface area (Å²) < 4.78 is 11.9. The van der Waals surface area contributed by atoms with Crippen molar-refractivity contribution in [2.24, 2.45) is 0 Å². The molecule has 0 unspecified atom stereocenters. The summed E-state index contributed by atoms with van der Waals surface area (Å²) in [4.78, 5) is 11.2. The molecule has 1 aliphatic heterocycles. The first kappa shape index (κ1) is 17.4. The molecule has 3 aromatic rings. The molecule has 5 rings (SSSR count). The first-order chi connectivity index (χ1) is 13.7. The van der Waals surface area contributed by atoms with E-state index in [1.165, 1.54) is 0 Å². The molecule has 0 radical (unpaired) electrons. The molecule has 28 heavy (non-hydrogen) atoms. The summed E-state index contributed by atoms with van der Waals surface area (Å²) in [6.07, 6.45) is 5.12. The highest BCUT2D eigenvalue weighted by Gasteiger charge is 2.43. The summed E-state index contributed by atoms with van der Waals surface area (Å²) in [6.45, 7) is 6.64. The summed E-state index contributed by atoms with van der Waals surface area (Å²) >= 11 is 0. The summed E-state index contributed by atoms with van der Waals surface area (Å²) in [5.41, 5.74) is 2.65. The fourth-order valence-electron chi connectivity index (χ4n) is 3.85. The average molecular weight is 379 g/mol. The molecule has 0 bridgehead atoms. The number of nitrogens with zero attached hydrogens (tertiary/aromatic N) is 4. The maximum absolute atomic E-state index is 6.26. The van der Waals surface area contributed by atoms with Crippen LogP contribution in [0.4, 0.5) is 5.82 Å². The minimum absolute atomic E-state index is 0.0344. The first-order valence-electron chi connectivity index (χ1n) is 10.0. The van der Waals surface area contributed by atoms with Crippen LogP contribution in [0.1, 0.15) is 33.1 Å². The van der Waals surface area contributed by atoms with Crippen LogP contribution in [0.25, 0.3) is 22.3 Å². The van der Waals surface area contributed by atoms with Gasteiger partial charge < -0.3 is 14.4 Å². The second kappa shape index (κ2) is 6.74. The lowest BCUT2D eigenvalue weighted by atomic mass is 10.1. The van der Waals surface area contributed by atoms with Gasteiger partial charge in [-0.1, -0.05) is 6.92 Å². The van der Waals surface area contributed by atoms with Crippen molar-refractivity contribution in [3.8, 4) is 17.1 Å². The minimum Gasteiger partial charge on any atom is -0.487 e. The molecule has 1 saturated carbocycles. The predicted molar refractivity (Wildman–Crippen MR) is 108 cm³/mol. The topological polar surface area (TPSA) is 76.2 Å². The van der Waals surface area contributed by atoms with Gasteiger partial charge >= 0.3 is 0 Å². The Kier molecular flexibility index (Phi) is 4.19. The normalized spacial score (nSPS) is 21.1. The maximum atomic E-state index is 6.26. The zero-order chi connectivity index (χ0) is 19.1. The van der Waals surface area contributed by atoms with E-state index >= 15 is 0 Å². The Labute approximate surface area is 164 Å². The molecular weight excluding hydrogens is 354 g/mol. The lowest BCUT2D eigenvalue weighted by Crippen LogP contribution is -2.41. The van der Waals surface area contributed by atoms with Crippen LogP contribution in [0.15, 0.2) is 30.6 Å². The molecule has 3 heterocycles. The number of benzene rings is 1. The fourth-order valence-corrected chi connectivity index (χ4v) is 3.85. The minimum atomic E-state index is 0.0344. The zero-order valence-electron chi connectivity index (χ0n) is 16.3. The van der Waals surface area contributed by atoms with E-state index in [2.05, 4.69) is 45.0 Å². The van der Waals surface area contributed by atoms with Crippen molar-refractivity contribution in [2.45, 2.75) is 44.8 Å². The third-order valence-electron chi connectivity index (χ3n) is 5.78. The molecule has 1 atom stereocenters. The standard InChI is InChI=1S/C21H25N5O2/c1-3-21(6-7-21)28-15-4-5-17-16(10-15)20(25-24-17)18-11-19(23-13-22-18)26-8-9-27-14(2)12-26/h4-5,10-11,13-14H,3,6-9,12H2,1-2H3,(H,24,25)/t14-/m0/s1. The van der Waals surface area contributed by atoms with Crippen LogP contribution in [-0.2, 0) is 4.74 Å². The van der Waals surface area contributed by atoms with E-state index in [-0.39, 0.29) is 11.7 Å². The zero-order valence-corrected chi connectivity index (χ0v) is 16.3. The average Bonchev–Trinajstić information content (AvgIpc) is 3.37. The van der Waals surface area contributed by atoms with E-state index < -0.39 is 0 Å². The van der Waals surface area contributed by atoms with Gasteiger partial charge in [-0.3, -0.25) is 5.10 Å². The molecule has 1 aromatic carbocycles. The summed E-state index contributed by atoms with van der Waals surface area (Å²) in [7, 11) is 0. The van der Waals surface area contributed by atoms with Crippen LogP contribution in [0, 0.1) is 0 Å². The van der Waals surface area contributed by atoms with Gasteiger partial charge in [-0.25, -0.2) is 9.97 Å². The number of H-pyrrole nitrogens is 1. The third-order valence-corrected chi connectivity index (χ3v) is 5.78. The molecule has 7 nitrogen and oxygen atoms in total. The Morgan fingerprint density at radius 2 is 2.18 bits per heavy atom. The van der Waals surface area contributed by atoms with Crippen LogP contribution < -0.4 is 9.64 Å². The molecule has 0 spiro atoms. The monoisotopic (exact) mass is 379 g/mol. The first-order valence-corrected chi connectivity index (χ1v) is 10.0. The lowest BCUT2D eigenvalue weighted by Gasteiger charge is -2.31. The van der Waals surface area contributed by atoms with Gasteiger partial charge in [-0.2, -0.15) is 5.10 Å². The van der Waals surface area contributed by atoms with E-state index in [4.69, 9.17) is 9.47 Å². The summed E-state index contributed by atoms with van der Waals surface area (Å²) in [6, 6.07) is 8.12.